The number of aliphatic carboxylic acids is 1. The fourth-order valence-corrected chi connectivity index (χ4v) is 4.45. The van der Waals surface area contributed by atoms with Crippen LogP contribution in [-0.4, -0.2) is 40.5 Å². The summed E-state index contributed by atoms with van der Waals surface area (Å²) in [6.07, 6.45) is 4.78. The fourth-order valence-electron chi connectivity index (χ4n) is 4.45. The van der Waals surface area contributed by atoms with Crippen molar-refractivity contribution in [2.75, 3.05) is 6.61 Å². The van der Waals surface area contributed by atoms with Crippen LogP contribution in [0.25, 0.3) is 0 Å². The molecule has 3 unspecified atom stereocenters. The first kappa shape index (κ1) is 19.4. The third-order valence-electron chi connectivity index (χ3n) is 5.72. The molecule has 6 nitrogen and oxygen atoms in total. The largest absolute Gasteiger partial charge is 0.481 e. The molecule has 1 aromatic carbocycles. The van der Waals surface area contributed by atoms with Gasteiger partial charge in [-0.25, -0.2) is 4.79 Å². The average molecular weight is 373 g/mol. The lowest BCUT2D eigenvalue weighted by atomic mass is 9.87. The van der Waals surface area contributed by atoms with Gasteiger partial charge in [-0.1, -0.05) is 49.6 Å². The number of rotatable bonds is 5. The molecular weight excluding hydrogens is 346 g/mol. The van der Waals surface area contributed by atoms with E-state index in [-0.39, 0.29) is 24.9 Å². The number of carbonyl (C=O) groups excluding carboxylic acids is 2. The standard InChI is InChI=1S/C21H27NO5/c1-2-27-21(26)17-13-16(20(24)25)18(14-9-5-3-6-10-14)22(17)19(23)15-11-7-4-8-12-15/h3,5-6,9-10,15-18H,2,4,7-8,11-13H2,1H3,(H,24,25). The molecule has 1 heterocycles. The van der Waals surface area contributed by atoms with Gasteiger partial charge in [-0.15, -0.1) is 0 Å². The van der Waals surface area contributed by atoms with Crippen LogP contribution in [0.4, 0.5) is 0 Å². The predicted molar refractivity (Wildman–Crippen MR) is 98.8 cm³/mol. The molecule has 1 saturated carbocycles. The molecule has 0 spiro atoms. The van der Waals surface area contributed by atoms with Gasteiger partial charge in [0.2, 0.25) is 5.91 Å². The first-order chi connectivity index (χ1) is 13.0. The van der Waals surface area contributed by atoms with Crippen molar-refractivity contribution in [3.8, 4) is 0 Å². The molecule has 3 rings (SSSR count). The van der Waals surface area contributed by atoms with Crippen molar-refractivity contribution in [2.45, 2.75) is 57.5 Å². The van der Waals surface area contributed by atoms with E-state index in [1.165, 1.54) is 4.90 Å². The van der Waals surface area contributed by atoms with Gasteiger partial charge in [-0.2, -0.15) is 0 Å². The quantitative estimate of drug-likeness (QED) is 0.802. The van der Waals surface area contributed by atoms with Gasteiger partial charge in [0.15, 0.2) is 0 Å². The van der Waals surface area contributed by atoms with E-state index >= 15 is 0 Å². The van der Waals surface area contributed by atoms with Crippen LogP contribution in [0, 0.1) is 11.8 Å². The molecule has 1 N–H and O–H groups in total. The van der Waals surface area contributed by atoms with E-state index in [0.29, 0.717) is 0 Å². The number of esters is 1. The third-order valence-corrected chi connectivity index (χ3v) is 5.72. The summed E-state index contributed by atoms with van der Waals surface area (Å²) >= 11 is 0. The fraction of sp³-hybridized carbons (Fsp3) is 0.571. The van der Waals surface area contributed by atoms with E-state index in [0.717, 1.165) is 37.7 Å². The van der Waals surface area contributed by atoms with Crippen LogP contribution >= 0.6 is 0 Å². The second-order valence-corrected chi connectivity index (χ2v) is 7.38. The highest BCUT2D eigenvalue weighted by molar-refractivity contribution is 5.89. The summed E-state index contributed by atoms with van der Waals surface area (Å²) in [6, 6.07) is 7.68. The number of amides is 1. The maximum atomic E-state index is 13.4. The number of nitrogens with zero attached hydrogens (tertiary/aromatic N) is 1. The van der Waals surface area contributed by atoms with Crippen molar-refractivity contribution in [3.63, 3.8) is 0 Å². The van der Waals surface area contributed by atoms with Crippen molar-refractivity contribution < 1.29 is 24.2 Å². The molecular formula is C21H27NO5. The van der Waals surface area contributed by atoms with Crippen LogP contribution in [0.1, 0.15) is 57.1 Å². The Morgan fingerprint density at radius 1 is 1.11 bits per heavy atom. The molecule has 146 valence electrons. The molecule has 3 atom stereocenters. The Morgan fingerprint density at radius 2 is 1.78 bits per heavy atom. The lowest BCUT2D eigenvalue weighted by Crippen LogP contribution is -2.46. The molecule has 1 aromatic rings. The van der Waals surface area contributed by atoms with Crippen LogP contribution < -0.4 is 0 Å². The van der Waals surface area contributed by atoms with Gasteiger partial charge in [0, 0.05) is 5.92 Å². The first-order valence-corrected chi connectivity index (χ1v) is 9.81. The van der Waals surface area contributed by atoms with Crippen molar-refractivity contribution >= 4 is 17.8 Å². The van der Waals surface area contributed by atoms with Crippen molar-refractivity contribution in [2.24, 2.45) is 11.8 Å². The van der Waals surface area contributed by atoms with Crippen LogP contribution in [0.3, 0.4) is 0 Å². The molecule has 1 saturated heterocycles. The number of carboxylic acid groups (broad SMARTS) is 1. The Balaban J connectivity index is 2.00. The molecule has 6 heteroatoms. The molecule has 2 aliphatic rings. The van der Waals surface area contributed by atoms with Crippen molar-refractivity contribution in [1.29, 1.82) is 0 Å². The van der Waals surface area contributed by atoms with Gasteiger partial charge in [0.25, 0.3) is 0 Å². The molecule has 0 bridgehead atoms. The maximum Gasteiger partial charge on any atom is 0.328 e. The Labute approximate surface area is 159 Å². The second-order valence-electron chi connectivity index (χ2n) is 7.38. The Bertz CT molecular complexity index is 683. The van der Waals surface area contributed by atoms with Crippen LogP contribution in [0.5, 0.6) is 0 Å². The molecule has 1 aliphatic heterocycles. The molecule has 27 heavy (non-hydrogen) atoms. The minimum absolute atomic E-state index is 0.0895. The van der Waals surface area contributed by atoms with Crippen LogP contribution in [-0.2, 0) is 19.1 Å². The zero-order valence-electron chi connectivity index (χ0n) is 15.7. The monoisotopic (exact) mass is 373 g/mol. The highest BCUT2D eigenvalue weighted by Crippen LogP contribution is 2.43. The molecule has 0 aromatic heterocycles. The van der Waals surface area contributed by atoms with E-state index in [9.17, 15) is 19.5 Å². The average Bonchev–Trinajstić information content (AvgIpc) is 3.10. The summed E-state index contributed by atoms with van der Waals surface area (Å²) in [5.74, 6) is -2.57. The molecule has 2 fully saturated rings. The summed E-state index contributed by atoms with van der Waals surface area (Å²) in [4.78, 5) is 39.5. The smallest absolute Gasteiger partial charge is 0.328 e. The number of carboxylic acids is 1. The summed E-state index contributed by atoms with van der Waals surface area (Å²) in [7, 11) is 0. The molecule has 1 amide bonds. The number of benzene rings is 1. The van der Waals surface area contributed by atoms with Gasteiger partial charge < -0.3 is 14.7 Å². The highest BCUT2D eigenvalue weighted by atomic mass is 16.5. The first-order valence-electron chi connectivity index (χ1n) is 9.81. The lowest BCUT2D eigenvalue weighted by Gasteiger charge is -2.34. The van der Waals surface area contributed by atoms with E-state index in [4.69, 9.17) is 4.74 Å². The van der Waals surface area contributed by atoms with Gasteiger partial charge in [-0.3, -0.25) is 9.59 Å². The summed E-state index contributed by atoms with van der Waals surface area (Å²) in [5.41, 5.74) is 0.751. The summed E-state index contributed by atoms with van der Waals surface area (Å²) in [5, 5.41) is 9.79. The number of hydrogen-bond acceptors (Lipinski definition) is 4. The van der Waals surface area contributed by atoms with E-state index in [1.807, 2.05) is 30.3 Å². The topological polar surface area (TPSA) is 83.9 Å². The van der Waals surface area contributed by atoms with E-state index in [2.05, 4.69) is 0 Å². The number of hydrogen-bond donors (Lipinski definition) is 1. The Morgan fingerprint density at radius 3 is 2.37 bits per heavy atom. The van der Waals surface area contributed by atoms with Crippen LogP contribution in [0.2, 0.25) is 0 Å². The Kier molecular flexibility index (Phi) is 6.14. The zero-order chi connectivity index (χ0) is 19.4. The van der Waals surface area contributed by atoms with E-state index < -0.39 is 29.9 Å². The number of carbonyl (C=O) groups is 3. The van der Waals surface area contributed by atoms with Gasteiger partial charge in [-0.05, 0) is 31.7 Å². The minimum Gasteiger partial charge on any atom is -0.481 e. The van der Waals surface area contributed by atoms with Gasteiger partial charge >= 0.3 is 11.9 Å². The third kappa shape index (κ3) is 3.99. The van der Waals surface area contributed by atoms with E-state index in [1.54, 1.807) is 6.92 Å². The molecule has 0 radical (unpaired) electrons. The normalized spacial score (nSPS) is 26.0. The Hall–Kier alpha value is -2.37. The minimum atomic E-state index is -0.989. The van der Waals surface area contributed by atoms with Crippen LogP contribution in [0.15, 0.2) is 30.3 Å². The summed E-state index contributed by atoms with van der Waals surface area (Å²) in [6.45, 7) is 1.91. The van der Waals surface area contributed by atoms with Gasteiger partial charge in [0.05, 0.1) is 18.6 Å². The SMILES string of the molecule is CCOC(=O)C1CC(C(=O)O)C(c2ccccc2)N1C(=O)C1CCCCC1. The predicted octanol–water partition coefficient (Wildman–Crippen LogP) is 3.17. The second kappa shape index (κ2) is 8.55. The van der Waals surface area contributed by atoms with Gasteiger partial charge in [0.1, 0.15) is 6.04 Å². The van der Waals surface area contributed by atoms with Crippen molar-refractivity contribution in [1.82, 2.24) is 4.90 Å². The summed E-state index contributed by atoms with van der Waals surface area (Å²) < 4.78 is 5.18. The van der Waals surface area contributed by atoms with Crippen molar-refractivity contribution in [3.05, 3.63) is 35.9 Å². The molecule has 1 aliphatic carbocycles. The number of likely N-dealkylation sites (tertiary alicyclic amines) is 1. The lowest BCUT2D eigenvalue weighted by molar-refractivity contribution is -0.156. The highest BCUT2D eigenvalue weighted by Gasteiger charge is 2.52. The maximum absolute atomic E-state index is 13.4. The zero-order valence-corrected chi connectivity index (χ0v) is 15.7. The number of ether oxygens (including phenoxy) is 1.